The van der Waals surface area contributed by atoms with Crippen LogP contribution in [-0.2, 0) is 15.5 Å². The molecule has 3 N–H and O–H groups in total. The molecular weight excluding hydrogens is 397 g/mol. The lowest BCUT2D eigenvalue weighted by Gasteiger charge is -2.13. The first-order valence-corrected chi connectivity index (χ1v) is 10.2. The Morgan fingerprint density at radius 2 is 2.08 bits per heavy atom. The number of anilines is 1. The summed E-state index contributed by atoms with van der Waals surface area (Å²) >= 11 is 7.20. The number of hydrogen-bond donors (Lipinski definition) is 2. The predicted molar refractivity (Wildman–Crippen MR) is 101 cm³/mol. The Hall–Kier alpha value is -1.96. The largest absolute Gasteiger partial charge is 0.527 e. The number of rotatable bonds is 7. The summed E-state index contributed by atoms with van der Waals surface area (Å²) in [5.74, 6) is 0.0816. The quantitative estimate of drug-likeness (QED) is 0.561. The van der Waals surface area contributed by atoms with E-state index >= 15 is 0 Å². The molecule has 0 saturated carbocycles. The summed E-state index contributed by atoms with van der Waals surface area (Å²) in [4.78, 5) is 19.1. The van der Waals surface area contributed by atoms with Crippen molar-refractivity contribution in [1.29, 1.82) is 0 Å². The third kappa shape index (κ3) is 4.81. The van der Waals surface area contributed by atoms with Crippen LogP contribution in [0.5, 0.6) is 5.75 Å². The number of benzene rings is 1. The highest BCUT2D eigenvalue weighted by Crippen LogP contribution is 2.46. The number of phosphoric ester groups is 1. The van der Waals surface area contributed by atoms with Gasteiger partial charge in [0.15, 0.2) is 5.13 Å². The molecule has 3 rings (SSSR count). The summed E-state index contributed by atoms with van der Waals surface area (Å²) in [6.45, 7) is -0.0485. The third-order valence-electron chi connectivity index (χ3n) is 3.28. The summed E-state index contributed by atoms with van der Waals surface area (Å²) in [6, 6.07) is 10.0. The van der Waals surface area contributed by atoms with Crippen LogP contribution in [0.1, 0.15) is 4.88 Å². The average molecular weight is 412 g/mol. The molecule has 136 valence electrons. The van der Waals surface area contributed by atoms with Gasteiger partial charge in [0.2, 0.25) is 0 Å². The van der Waals surface area contributed by atoms with Crippen molar-refractivity contribution in [3.8, 4) is 17.0 Å². The third-order valence-corrected chi connectivity index (χ3v) is 5.48. The minimum absolute atomic E-state index is 0.0485. The number of para-hydroxylation sites is 1. The highest BCUT2D eigenvalue weighted by Gasteiger charge is 2.24. The number of phosphoric acid groups is 1. The molecule has 0 aliphatic heterocycles. The van der Waals surface area contributed by atoms with Crippen LogP contribution in [0.4, 0.5) is 5.13 Å². The van der Waals surface area contributed by atoms with E-state index in [1.165, 1.54) is 17.4 Å². The number of nitrogen functional groups attached to an aromatic ring is 1. The number of halogens is 1. The van der Waals surface area contributed by atoms with E-state index in [-0.39, 0.29) is 17.4 Å². The van der Waals surface area contributed by atoms with Gasteiger partial charge in [-0.15, -0.1) is 11.3 Å². The number of nitrogens with two attached hydrogens (primary N) is 1. The molecule has 1 aromatic carbocycles. The lowest BCUT2D eigenvalue weighted by atomic mass is 10.1. The van der Waals surface area contributed by atoms with Crippen LogP contribution in [-0.4, -0.2) is 21.5 Å². The van der Waals surface area contributed by atoms with Crippen LogP contribution in [0.3, 0.4) is 0 Å². The Labute approximate surface area is 159 Å². The van der Waals surface area contributed by atoms with Gasteiger partial charge in [0.25, 0.3) is 0 Å². The van der Waals surface area contributed by atoms with Crippen molar-refractivity contribution >= 4 is 35.9 Å². The van der Waals surface area contributed by atoms with Crippen LogP contribution in [0.15, 0.2) is 48.8 Å². The van der Waals surface area contributed by atoms with Gasteiger partial charge in [0.1, 0.15) is 5.75 Å². The van der Waals surface area contributed by atoms with Crippen molar-refractivity contribution in [1.82, 2.24) is 9.97 Å². The molecule has 7 nitrogen and oxygen atoms in total. The summed E-state index contributed by atoms with van der Waals surface area (Å²) < 4.78 is 22.1. The monoisotopic (exact) mass is 411 g/mol. The van der Waals surface area contributed by atoms with Gasteiger partial charge in [-0.05, 0) is 24.3 Å². The molecule has 26 heavy (non-hydrogen) atoms. The normalized spacial score (nSPS) is 13.3. The Balaban J connectivity index is 1.65. The highest BCUT2D eigenvalue weighted by molar-refractivity contribution is 7.47. The van der Waals surface area contributed by atoms with Crippen LogP contribution >= 0.6 is 30.8 Å². The lowest BCUT2D eigenvalue weighted by molar-refractivity contribution is 0.206. The van der Waals surface area contributed by atoms with Crippen LogP contribution < -0.4 is 10.3 Å². The molecule has 0 bridgehead atoms. The molecule has 0 aliphatic carbocycles. The summed E-state index contributed by atoms with van der Waals surface area (Å²) in [5.41, 5.74) is 7.29. The fourth-order valence-electron chi connectivity index (χ4n) is 2.19. The second-order valence-electron chi connectivity index (χ2n) is 5.14. The van der Waals surface area contributed by atoms with Gasteiger partial charge < -0.3 is 10.3 Å². The molecule has 0 fully saturated rings. The van der Waals surface area contributed by atoms with Gasteiger partial charge in [0, 0.05) is 29.3 Å². The molecule has 10 heteroatoms. The number of thiazole rings is 1. The first kappa shape index (κ1) is 18.8. The van der Waals surface area contributed by atoms with E-state index in [1.54, 1.807) is 36.7 Å². The zero-order valence-corrected chi connectivity index (χ0v) is 15.9. The molecule has 1 unspecified atom stereocenters. The Morgan fingerprint density at radius 3 is 2.81 bits per heavy atom. The van der Waals surface area contributed by atoms with E-state index in [0.29, 0.717) is 17.2 Å². The topological polar surface area (TPSA) is 108 Å². The van der Waals surface area contributed by atoms with Crippen LogP contribution in [0, 0.1) is 0 Å². The molecular formula is C16H15ClN3O4PS. The first-order chi connectivity index (χ1) is 12.4. The van der Waals surface area contributed by atoms with Crippen molar-refractivity contribution in [2.75, 3.05) is 12.3 Å². The van der Waals surface area contributed by atoms with Gasteiger partial charge in [-0.2, -0.15) is 0 Å². The van der Waals surface area contributed by atoms with Crippen molar-refractivity contribution in [3.63, 3.8) is 0 Å². The summed E-state index contributed by atoms with van der Waals surface area (Å²) in [6.07, 6.45) is 3.68. The maximum absolute atomic E-state index is 12.1. The van der Waals surface area contributed by atoms with Crippen molar-refractivity contribution < 1.29 is 18.5 Å². The predicted octanol–water partition coefficient (Wildman–Crippen LogP) is 4.18. The minimum atomic E-state index is -4.30. The standard InChI is InChI=1S/C16H15ClN3O4PS/c17-12-5-1-2-6-13(12)24-25(21,22)23-9-7-14-15(20-16(18)26-14)11-4-3-8-19-10-11/h1-6,8,10H,7,9H2,(H2,18,20)(H,21,22). The zero-order valence-electron chi connectivity index (χ0n) is 13.4. The van der Waals surface area contributed by atoms with Gasteiger partial charge in [-0.25, -0.2) is 9.55 Å². The molecule has 0 amide bonds. The van der Waals surface area contributed by atoms with Crippen molar-refractivity contribution in [2.24, 2.45) is 0 Å². The van der Waals surface area contributed by atoms with E-state index in [9.17, 15) is 9.46 Å². The summed E-state index contributed by atoms with van der Waals surface area (Å²) in [7, 11) is -4.30. The molecule has 0 saturated heterocycles. The summed E-state index contributed by atoms with van der Waals surface area (Å²) in [5, 5.41) is 0.623. The second-order valence-corrected chi connectivity index (χ2v) is 8.04. The maximum Gasteiger partial charge on any atom is 0.527 e. The number of pyridine rings is 1. The van der Waals surface area contributed by atoms with Crippen molar-refractivity contribution in [3.05, 3.63) is 58.7 Å². The second kappa shape index (κ2) is 8.16. The molecule has 1 atom stereocenters. The zero-order chi connectivity index (χ0) is 18.6. The van der Waals surface area contributed by atoms with Crippen LogP contribution in [0.2, 0.25) is 5.02 Å². The molecule has 2 aromatic heterocycles. The maximum atomic E-state index is 12.1. The molecule has 0 radical (unpaired) electrons. The average Bonchev–Trinajstić information content (AvgIpc) is 2.98. The SMILES string of the molecule is Nc1nc(-c2cccnc2)c(CCOP(=O)(O)Oc2ccccc2Cl)s1. The minimum Gasteiger partial charge on any atom is -0.403 e. The molecule has 0 spiro atoms. The van der Waals surface area contributed by atoms with Gasteiger partial charge >= 0.3 is 7.82 Å². The van der Waals surface area contributed by atoms with E-state index < -0.39 is 7.82 Å². The van der Waals surface area contributed by atoms with Crippen LogP contribution in [0.25, 0.3) is 11.3 Å². The molecule has 2 heterocycles. The number of aromatic nitrogens is 2. The van der Waals surface area contributed by atoms with E-state index in [4.69, 9.17) is 26.4 Å². The smallest absolute Gasteiger partial charge is 0.403 e. The van der Waals surface area contributed by atoms with E-state index in [2.05, 4.69) is 9.97 Å². The highest BCUT2D eigenvalue weighted by atomic mass is 35.5. The fourth-order valence-corrected chi connectivity index (χ4v) is 4.04. The number of nitrogens with zero attached hydrogens (tertiary/aromatic N) is 2. The number of hydrogen-bond acceptors (Lipinski definition) is 7. The fraction of sp³-hybridized carbons (Fsp3) is 0.125. The first-order valence-electron chi connectivity index (χ1n) is 7.51. The molecule has 0 aliphatic rings. The van der Waals surface area contributed by atoms with Gasteiger partial charge in [0.05, 0.1) is 17.3 Å². The van der Waals surface area contributed by atoms with E-state index in [0.717, 1.165) is 10.4 Å². The lowest BCUT2D eigenvalue weighted by Crippen LogP contribution is -2.02. The Bertz CT molecular complexity index is 938. The van der Waals surface area contributed by atoms with E-state index in [1.807, 2.05) is 6.07 Å². The Kier molecular flexibility index (Phi) is 5.90. The van der Waals surface area contributed by atoms with Crippen molar-refractivity contribution in [2.45, 2.75) is 6.42 Å². The van der Waals surface area contributed by atoms with Gasteiger partial charge in [-0.3, -0.25) is 14.4 Å². The van der Waals surface area contributed by atoms with Gasteiger partial charge in [-0.1, -0.05) is 23.7 Å². The Morgan fingerprint density at radius 1 is 1.27 bits per heavy atom. The molecule has 3 aromatic rings.